The van der Waals surface area contributed by atoms with Crippen molar-refractivity contribution in [1.82, 2.24) is 4.90 Å². The van der Waals surface area contributed by atoms with E-state index < -0.39 is 5.54 Å². The van der Waals surface area contributed by atoms with Gasteiger partial charge in [-0.15, -0.1) is 0 Å². The third kappa shape index (κ3) is 2.00. The second-order valence-electron chi connectivity index (χ2n) is 7.23. The minimum Gasteiger partial charge on any atom is -0.439 e. The van der Waals surface area contributed by atoms with Crippen molar-refractivity contribution < 1.29 is 14.3 Å². The molecule has 3 fully saturated rings. The molecule has 0 aromatic heterocycles. The van der Waals surface area contributed by atoms with Crippen LogP contribution in [0.5, 0.6) is 0 Å². The van der Waals surface area contributed by atoms with Gasteiger partial charge >= 0.3 is 6.09 Å². The SMILES string of the molecule is O=C1O[C@H](c2ccccc2)[C@H](c2ccccc2)N1[C@@]12C[C@@H]1CCC2=O. The number of ketones is 1. The standard InChI is InChI=1S/C21H19NO3/c23-17-12-11-16-13-21(16,17)22-18(14-7-3-1-4-8-14)19(25-20(22)24)15-9-5-2-6-10-15/h1-10,16,18-19H,11-13H2/t16-,18-,19+,21-/m0/s1. The summed E-state index contributed by atoms with van der Waals surface area (Å²) in [5.41, 5.74) is 1.36. The number of amides is 1. The van der Waals surface area contributed by atoms with Gasteiger partial charge in [-0.05, 0) is 29.9 Å². The first-order valence-electron chi connectivity index (χ1n) is 8.85. The highest BCUT2D eigenvalue weighted by molar-refractivity contribution is 5.98. The summed E-state index contributed by atoms with van der Waals surface area (Å²) in [6, 6.07) is 19.5. The number of hydrogen-bond donors (Lipinski definition) is 0. The van der Waals surface area contributed by atoms with Crippen molar-refractivity contribution in [3.63, 3.8) is 0 Å². The van der Waals surface area contributed by atoms with Crippen LogP contribution in [0.1, 0.15) is 42.5 Å². The molecule has 4 nitrogen and oxygen atoms in total. The van der Waals surface area contributed by atoms with E-state index in [4.69, 9.17) is 4.74 Å². The summed E-state index contributed by atoms with van der Waals surface area (Å²) >= 11 is 0. The number of nitrogens with zero attached hydrogens (tertiary/aromatic N) is 1. The molecule has 0 N–H and O–H groups in total. The van der Waals surface area contributed by atoms with Crippen LogP contribution in [0.2, 0.25) is 0 Å². The highest BCUT2D eigenvalue weighted by Crippen LogP contribution is 2.62. The van der Waals surface area contributed by atoms with E-state index in [9.17, 15) is 9.59 Å². The molecule has 1 saturated heterocycles. The third-order valence-corrected chi connectivity index (χ3v) is 5.96. The van der Waals surface area contributed by atoms with Gasteiger partial charge < -0.3 is 4.74 Å². The normalized spacial score (nSPS) is 33.3. The van der Waals surface area contributed by atoms with Crippen LogP contribution in [0.25, 0.3) is 0 Å². The molecule has 1 aliphatic heterocycles. The molecule has 0 spiro atoms. The fraction of sp³-hybridized carbons (Fsp3) is 0.333. The van der Waals surface area contributed by atoms with Gasteiger partial charge in [0.15, 0.2) is 11.9 Å². The van der Waals surface area contributed by atoms with E-state index in [1.807, 2.05) is 60.7 Å². The molecule has 2 aromatic rings. The van der Waals surface area contributed by atoms with Crippen LogP contribution in [0.15, 0.2) is 60.7 Å². The van der Waals surface area contributed by atoms with E-state index in [2.05, 4.69) is 0 Å². The largest absolute Gasteiger partial charge is 0.439 e. The van der Waals surface area contributed by atoms with E-state index in [0.29, 0.717) is 12.3 Å². The first-order valence-corrected chi connectivity index (χ1v) is 8.85. The molecule has 2 aliphatic carbocycles. The average molecular weight is 333 g/mol. The highest BCUT2D eigenvalue weighted by atomic mass is 16.6. The Morgan fingerprint density at radius 3 is 2.12 bits per heavy atom. The minimum atomic E-state index is -0.624. The molecule has 4 heteroatoms. The maximum absolute atomic E-state index is 12.9. The van der Waals surface area contributed by atoms with Crippen LogP contribution in [0, 0.1) is 5.92 Å². The number of rotatable bonds is 3. The summed E-state index contributed by atoms with van der Waals surface area (Å²) in [5.74, 6) is 0.498. The molecular weight excluding hydrogens is 314 g/mol. The smallest absolute Gasteiger partial charge is 0.411 e. The van der Waals surface area contributed by atoms with E-state index in [1.54, 1.807) is 4.90 Å². The van der Waals surface area contributed by atoms with Crippen molar-refractivity contribution in [2.75, 3.05) is 0 Å². The van der Waals surface area contributed by atoms with Crippen LogP contribution >= 0.6 is 0 Å². The molecule has 1 heterocycles. The monoisotopic (exact) mass is 333 g/mol. The highest BCUT2D eigenvalue weighted by Gasteiger charge is 2.71. The van der Waals surface area contributed by atoms with Crippen molar-refractivity contribution in [3.05, 3.63) is 71.8 Å². The van der Waals surface area contributed by atoms with Gasteiger partial charge in [-0.3, -0.25) is 9.69 Å². The van der Waals surface area contributed by atoms with Gasteiger partial charge in [0.05, 0.1) is 0 Å². The van der Waals surface area contributed by atoms with Gasteiger partial charge in [-0.1, -0.05) is 60.7 Å². The molecule has 0 bridgehead atoms. The molecule has 2 saturated carbocycles. The number of hydrogen-bond acceptors (Lipinski definition) is 3. The second-order valence-corrected chi connectivity index (χ2v) is 7.23. The Labute approximate surface area is 146 Å². The van der Waals surface area contributed by atoms with E-state index >= 15 is 0 Å². The molecule has 4 atom stereocenters. The molecule has 0 radical (unpaired) electrons. The Kier molecular flexibility index (Phi) is 3.05. The summed E-state index contributed by atoms with van der Waals surface area (Å²) < 4.78 is 5.81. The zero-order valence-electron chi connectivity index (χ0n) is 13.8. The zero-order valence-corrected chi connectivity index (χ0v) is 13.8. The molecule has 1 amide bonds. The lowest BCUT2D eigenvalue weighted by Crippen LogP contribution is -2.45. The van der Waals surface area contributed by atoms with Crippen molar-refractivity contribution >= 4 is 11.9 Å². The Morgan fingerprint density at radius 2 is 1.56 bits per heavy atom. The maximum Gasteiger partial charge on any atom is 0.411 e. The van der Waals surface area contributed by atoms with Gasteiger partial charge in [0.2, 0.25) is 0 Å². The number of carbonyl (C=O) groups excluding carboxylic acids is 2. The van der Waals surface area contributed by atoms with Crippen LogP contribution in [0.3, 0.4) is 0 Å². The van der Waals surface area contributed by atoms with Gasteiger partial charge in [0.25, 0.3) is 0 Å². The Balaban J connectivity index is 1.63. The van der Waals surface area contributed by atoms with E-state index in [-0.39, 0.29) is 24.0 Å². The predicted molar refractivity (Wildman–Crippen MR) is 91.8 cm³/mol. The molecule has 2 aromatic carbocycles. The van der Waals surface area contributed by atoms with E-state index in [0.717, 1.165) is 24.0 Å². The Morgan fingerprint density at radius 1 is 0.920 bits per heavy atom. The lowest BCUT2D eigenvalue weighted by molar-refractivity contribution is -0.123. The van der Waals surface area contributed by atoms with Crippen LogP contribution in [-0.2, 0) is 9.53 Å². The van der Waals surface area contributed by atoms with Crippen LogP contribution in [0.4, 0.5) is 4.79 Å². The van der Waals surface area contributed by atoms with Gasteiger partial charge in [0.1, 0.15) is 11.6 Å². The first-order chi connectivity index (χ1) is 12.2. The third-order valence-electron chi connectivity index (χ3n) is 5.96. The van der Waals surface area contributed by atoms with Gasteiger partial charge in [0, 0.05) is 6.42 Å². The molecule has 3 aliphatic rings. The summed E-state index contributed by atoms with van der Waals surface area (Å²) in [4.78, 5) is 27.3. The van der Waals surface area contributed by atoms with Crippen molar-refractivity contribution in [3.8, 4) is 0 Å². The minimum absolute atomic E-state index is 0.198. The van der Waals surface area contributed by atoms with Gasteiger partial charge in [-0.25, -0.2) is 4.79 Å². The summed E-state index contributed by atoms with van der Waals surface area (Å²) in [6.45, 7) is 0. The number of ether oxygens (including phenoxy) is 1. The van der Waals surface area contributed by atoms with Crippen LogP contribution < -0.4 is 0 Å². The summed E-state index contributed by atoms with van der Waals surface area (Å²) in [6.07, 6.45) is 1.50. The van der Waals surface area contributed by atoms with Crippen molar-refractivity contribution in [2.24, 2.45) is 5.92 Å². The molecule has 0 unspecified atom stereocenters. The number of benzene rings is 2. The van der Waals surface area contributed by atoms with E-state index in [1.165, 1.54) is 0 Å². The predicted octanol–water partition coefficient (Wildman–Crippen LogP) is 4.04. The lowest BCUT2D eigenvalue weighted by Gasteiger charge is -2.31. The van der Waals surface area contributed by atoms with Crippen molar-refractivity contribution in [1.29, 1.82) is 0 Å². The zero-order chi connectivity index (χ0) is 17.0. The summed E-state index contributed by atoms with van der Waals surface area (Å²) in [7, 11) is 0. The summed E-state index contributed by atoms with van der Waals surface area (Å²) in [5, 5.41) is 0. The molecule has 25 heavy (non-hydrogen) atoms. The Hall–Kier alpha value is -2.62. The Bertz CT molecular complexity index is 835. The maximum atomic E-state index is 12.9. The van der Waals surface area contributed by atoms with Crippen LogP contribution in [-0.4, -0.2) is 22.3 Å². The van der Waals surface area contributed by atoms with Gasteiger partial charge in [-0.2, -0.15) is 0 Å². The topological polar surface area (TPSA) is 46.6 Å². The fourth-order valence-corrected chi connectivity index (χ4v) is 4.71. The number of Topliss-reactive ketones (excluding diaryl/α,β-unsaturated/α-hetero) is 1. The number of fused-ring (bicyclic) bond motifs is 1. The lowest BCUT2D eigenvalue weighted by atomic mass is 9.93. The molecule has 5 rings (SSSR count). The first kappa shape index (κ1) is 14.7. The van der Waals surface area contributed by atoms with Crippen molar-refractivity contribution in [2.45, 2.75) is 36.9 Å². The fourth-order valence-electron chi connectivity index (χ4n) is 4.71. The number of cyclic esters (lactones) is 1. The molecular formula is C21H19NO3. The second kappa shape index (κ2) is 5.19. The average Bonchev–Trinajstić information content (AvgIpc) is 3.16. The number of carbonyl (C=O) groups is 2. The quantitative estimate of drug-likeness (QED) is 0.851. The molecule has 126 valence electrons.